The van der Waals surface area contributed by atoms with E-state index in [1.54, 1.807) is 0 Å². The van der Waals surface area contributed by atoms with E-state index in [0.29, 0.717) is 5.69 Å². The molecule has 0 aliphatic carbocycles. The van der Waals surface area contributed by atoms with E-state index >= 15 is 0 Å². The Morgan fingerprint density at radius 2 is 2.16 bits per heavy atom. The Morgan fingerprint density at radius 1 is 1.47 bits per heavy atom. The lowest BCUT2D eigenvalue weighted by Crippen LogP contribution is -2.27. The Hall–Kier alpha value is -0.890. The average molecular weight is 324 g/mol. The van der Waals surface area contributed by atoms with Gasteiger partial charge in [0, 0.05) is 18.9 Å². The summed E-state index contributed by atoms with van der Waals surface area (Å²) in [6.07, 6.45) is 1.56. The number of hydrogen-bond acceptors (Lipinski definition) is 4. The van der Waals surface area contributed by atoms with Crippen LogP contribution in [0.3, 0.4) is 0 Å². The zero-order valence-electron chi connectivity index (χ0n) is 9.71. The van der Waals surface area contributed by atoms with Gasteiger partial charge in [0.05, 0.1) is 22.7 Å². The highest BCUT2D eigenvalue weighted by Gasteiger charge is 2.33. The standard InChI is InChI=1S/C10H11Cl2N3O3S/c11-8-2-7(3-14-10(8)12)15-4-6(1-9(15)16)5-19(13,17)18/h2-3,6H,1,4-5H2,(H2,13,17,18). The zero-order valence-corrected chi connectivity index (χ0v) is 12.0. The molecule has 0 radical (unpaired) electrons. The second-order valence-corrected chi connectivity index (χ2v) is 6.79. The van der Waals surface area contributed by atoms with Gasteiger partial charge in [-0.3, -0.25) is 4.79 Å². The first-order valence-corrected chi connectivity index (χ1v) is 7.85. The van der Waals surface area contributed by atoms with Crippen LogP contribution in [0.4, 0.5) is 5.69 Å². The number of anilines is 1. The van der Waals surface area contributed by atoms with Crippen molar-refractivity contribution in [3.05, 3.63) is 22.4 Å². The van der Waals surface area contributed by atoms with Crippen LogP contribution in [0.5, 0.6) is 0 Å². The van der Waals surface area contributed by atoms with Gasteiger partial charge in [-0.25, -0.2) is 18.5 Å². The molecule has 1 fully saturated rings. The second kappa shape index (κ2) is 5.24. The Bertz CT molecular complexity index is 620. The summed E-state index contributed by atoms with van der Waals surface area (Å²) in [5, 5.41) is 5.37. The minimum Gasteiger partial charge on any atom is -0.311 e. The molecule has 1 unspecified atom stereocenters. The van der Waals surface area contributed by atoms with E-state index in [1.165, 1.54) is 17.2 Å². The third-order valence-electron chi connectivity index (χ3n) is 2.77. The van der Waals surface area contributed by atoms with Crippen molar-refractivity contribution >= 4 is 44.8 Å². The SMILES string of the molecule is NS(=O)(=O)CC1CC(=O)N(c2cnc(Cl)c(Cl)c2)C1. The Kier molecular flexibility index (Phi) is 4.00. The molecule has 19 heavy (non-hydrogen) atoms. The van der Waals surface area contributed by atoms with Crippen LogP contribution >= 0.6 is 23.2 Å². The summed E-state index contributed by atoms with van der Waals surface area (Å²) in [6.45, 7) is 0.273. The number of pyridine rings is 1. The summed E-state index contributed by atoms with van der Waals surface area (Å²) < 4.78 is 22.1. The van der Waals surface area contributed by atoms with E-state index in [9.17, 15) is 13.2 Å². The monoisotopic (exact) mass is 323 g/mol. The molecule has 9 heteroatoms. The van der Waals surface area contributed by atoms with Crippen molar-refractivity contribution in [1.29, 1.82) is 0 Å². The molecule has 1 aromatic heterocycles. The lowest BCUT2D eigenvalue weighted by molar-refractivity contribution is -0.117. The minimum atomic E-state index is -3.59. The molecule has 0 aromatic carbocycles. The zero-order chi connectivity index (χ0) is 14.2. The topological polar surface area (TPSA) is 93.4 Å². The Balaban J connectivity index is 2.18. The molecule has 1 aliphatic rings. The van der Waals surface area contributed by atoms with Gasteiger partial charge in [0.15, 0.2) is 0 Å². The van der Waals surface area contributed by atoms with Gasteiger partial charge in [-0.05, 0) is 6.07 Å². The number of hydrogen-bond donors (Lipinski definition) is 1. The van der Waals surface area contributed by atoms with Gasteiger partial charge in [-0.15, -0.1) is 0 Å². The largest absolute Gasteiger partial charge is 0.311 e. The molecule has 1 aromatic rings. The molecular formula is C10H11Cl2N3O3S. The second-order valence-electron chi connectivity index (χ2n) is 4.37. The number of sulfonamides is 1. The third kappa shape index (κ3) is 3.56. The van der Waals surface area contributed by atoms with Crippen molar-refractivity contribution in [3.63, 3.8) is 0 Å². The van der Waals surface area contributed by atoms with E-state index < -0.39 is 10.0 Å². The molecule has 0 bridgehead atoms. The van der Waals surface area contributed by atoms with Crippen LogP contribution in [0.15, 0.2) is 12.3 Å². The third-order valence-corrected chi connectivity index (χ3v) is 4.39. The van der Waals surface area contributed by atoms with E-state index in [0.717, 1.165) is 0 Å². The molecule has 6 nitrogen and oxygen atoms in total. The van der Waals surface area contributed by atoms with Crippen molar-refractivity contribution < 1.29 is 13.2 Å². The molecule has 2 N–H and O–H groups in total. The summed E-state index contributed by atoms with van der Waals surface area (Å²) in [7, 11) is -3.59. The van der Waals surface area contributed by atoms with Crippen LogP contribution in [0, 0.1) is 5.92 Å². The van der Waals surface area contributed by atoms with Crippen LogP contribution in [0.25, 0.3) is 0 Å². The van der Waals surface area contributed by atoms with Gasteiger partial charge in [-0.2, -0.15) is 0 Å². The van der Waals surface area contributed by atoms with Gasteiger partial charge in [0.2, 0.25) is 15.9 Å². The van der Waals surface area contributed by atoms with Crippen LogP contribution in [0.1, 0.15) is 6.42 Å². The molecule has 2 rings (SSSR count). The lowest BCUT2D eigenvalue weighted by Gasteiger charge is -2.16. The van der Waals surface area contributed by atoms with Gasteiger partial charge in [0.25, 0.3) is 0 Å². The maximum atomic E-state index is 11.9. The molecule has 0 spiro atoms. The molecule has 1 aliphatic heterocycles. The summed E-state index contributed by atoms with van der Waals surface area (Å²) in [5.74, 6) is -0.727. The smallest absolute Gasteiger partial charge is 0.227 e. The highest BCUT2D eigenvalue weighted by Crippen LogP contribution is 2.29. The van der Waals surface area contributed by atoms with Crippen LogP contribution in [-0.2, 0) is 14.8 Å². The molecule has 1 atom stereocenters. The number of nitrogens with two attached hydrogens (primary N) is 1. The molecule has 1 amide bonds. The first-order valence-electron chi connectivity index (χ1n) is 5.38. The van der Waals surface area contributed by atoms with E-state index in [1.807, 2.05) is 0 Å². The molecule has 2 heterocycles. The minimum absolute atomic E-state index is 0.136. The summed E-state index contributed by atoms with van der Waals surface area (Å²) in [4.78, 5) is 17.1. The van der Waals surface area contributed by atoms with Crippen molar-refractivity contribution in [2.45, 2.75) is 6.42 Å². The fourth-order valence-electron chi connectivity index (χ4n) is 2.03. The number of nitrogens with zero attached hydrogens (tertiary/aromatic N) is 2. The Morgan fingerprint density at radius 3 is 2.74 bits per heavy atom. The van der Waals surface area contributed by atoms with E-state index in [2.05, 4.69) is 4.98 Å². The fourth-order valence-corrected chi connectivity index (χ4v) is 3.17. The number of primary sulfonamides is 1. The summed E-state index contributed by atoms with van der Waals surface area (Å²) >= 11 is 11.5. The molecular weight excluding hydrogens is 313 g/mol. The van der Waals surface area contributed by atoms with Crippen LogP contribution in [-0.4, -0.2) is 31.6 Å². The predicted octanol–water partition coefficient (Wildman–Crippen LogP) is 1.03. The molecule has 104 valence electrons. The maximum absolute atomic E-state index is 11.9. The van der Waals surface area contributed by atoms with Gasteiger partial charge in [-0.1, -0.05) is 23.2 Å². The Labute approximate surface area is 120 Å². The highest BCUT2D eigenvalue weighted by molar-refractivity contribution is 7.89. The number of carbonyl (C=O) groups excluding carboxylic acids is 1. The average Bonchev–Trinajstić information content (AvgIpc) is 2.61. The first-order chi connectivity index (χ1) is 8.76. The van der Waals surface area contributed by atoms with Gasteiger partial charge < -0.3 is 4.90 Å². The van der Waals surface area contributed by atoms with Crippen molar-refractivity contribution in [1.82, 2.24) is 4.98 Å². The summed E-state index contributed by atoms with van der Waals surface area (Å²) in [5.41, 5.74) is 0.497. The molecule has 0 saturated carbocycles. The van der Waals surface area contributed by atoms with Crippen LogP contribution < -0.4 is 10.0 Å². The van der Waals surface area contributed by atoms with Crippen molar-refractivity contribution in [2.24, 2.45) is 11.1 Å². The lowest BCUT2D eigenvalue weighted by atomic mass is 10.1. The van der Waals surface area contributed by atoms with E-state index in [-0.39, 0.29) is 40.7 Å². The highest BCUT2D eigenvalue weighted by atomic mass is 35.5. The number of aromatic nitrogens is 1. The first kappa shape index (κ1) is 14.5. The van der Waals surface area contributed by atoms with E-state index in [4.69, 9.17) is 28.3 Å². The van der Waals surface area contributed by atoms with Crippen molar-refractivity contribution in [3.8, 4) is 0 Å². The number of rotatable bonds is 3. The fraction of sp³-hybridized carbons (Fsp3) is 0.400. The predicted molar refractivity (Wildman–Crippen MR) is 72.7 cm³/mol. The summed E-state index contributed by atoms with van der Waals surface area (Å²) in [6, 6.07) is 1.52. The quantitative estimate of drug-likeness (QED) is 0.840. The van der Waals surface area contributed by atoms with Gasteiger partial charge >= 0.3 is 0 Å². The molecule has 1 saturated heterocycles. The number of halogens is 2. The maximum Gasteiger partial charge on any atom is 0.227 e. The van der Waals surface area contributed by atoms with Crippen LogP contribution in [0.2, 0.25) is 10.2 Å². The normalized spacial score (nSPS) is 20.1. The van der Waals surface area contributed by atoms with Gasteiger partial charge in [0.1, 0.15) is 5.15 Å². The number of carbonyl (C=O) groups is 1. The van der Waals surface area contributed by atoms with Crippen molar-refractivity contribution in [2.75, 3.05) is 17.2 Å². The number of amides is 1.